The van der Waals surface area contributed by atoms with Crippen molar-refractivity contribution in [2.45, 2.75) is 27.3 Å². The maximum Gasteiger partial charge on any atom is 0.330 e. The van der Waals surface area contributed by atoms with Crippen LogP contribution in [-0.4, -0.2) is 38.7 Å². The van der Waals surface area contributed by atoms with E-state index < -0.39 is 0 Å². The molecule has 1 aliphatic rings. The fourth-order valence-corrected chi connectivity index (χ4v) is 4.37. The minimum atomic E-state index is -0.223. The molecule has 0 aliphatic carbocycles. The van der Waals surface area contributed by atoms with E-state index in [1.165, 1.54) is 4.90 Å². The third kappa shape index (κ3) is 4.73. The van der Waals surface area contributed by atoms with Crippen LogP contribution < -0.4 is 20.4 Å². The van der Waals surface area contributed by atoms with E-state index in [0.29, 0.717) is 35.2 Å². The molecular formula is C27H28N8O2. The van der Waals surface area contributed by atoms with Crippen LogP contribution in [0.3, 0.4) is 0 Å². The first-order chi connectivity index (χ1) is 17.7. The Morgan fingerprint density at radius 2 is 1.84 bits per heavy atom. The van der Waals surface area contributed by atoms with Crippen LogP contribution in [0, 0.1) is 20.8 Å². The van der Waals surface area contributed by atoms with Crippen molar-refractivity contribution >= 4 is 40.9 Å². The average molecular weight is 497 g/mol. The minimum Gasteiger partial charge on any atom is -0.322 e. The van der Waals surface area contributed by atoms with Crippen LogP contribution in [0.1, 0.15) is 32.7 Å². The molecular weight excluding hydrogens is 468 g/mol. The molecule has 4 aromatic rings. The summed E-state index contributed by atoms with van der Waals surface area (Å²) >= 11 is 0. The molecule has 10 nitrogen and oxygen atoms in total. The van der Waals surface area contributed by atoms with Crippen LogP contribution in [0.2, 0.25) is 0 Å². The van der Waals surface area contributed by atoms with Crippen LogP contribution in [-0.2, 0) is 13.6 Å². The number of anilines is 5. The molecule has 0 fully saturated rings. The van der Waals surface area contributed by atoms with Gasteiger partial charge in [0, 0.05) is 43.2 Å². The molecule has 0 saturated carbocycles. The molecule has 37 heavy (non-hydrogen) atoms. The summed E-state index contributed by atoms with van der Waals surface area (Å²) in [6.45, 7) is 6.09. The molecule has 0 unspecified atom stereocenters. The lowest BCUT2D eigenvalue weighted by atomic mass is 10.1. The van der Waals surface area contributed by atoms with Crippen LogP contribution in [0.4, 0.5) is 33.8 Å². The van der Waals surface area contributed by atoms with E-state index in [2.05, 4.69) is 25.7 Å². The molecule has 188 valence electrons. The highest BCUT2D eigenvalue weighted by atomic mass is 16.2. The van der Waals surface area contributed by atoms with Gasteiger partial charge in [-0.1, -0.05) is 23.8 Å². The standard InChI is InChI=1S/C27H28N8O2/c1-16-7-6-8-19(11-16)25(36)29-21-10-9-17(2)22(13-21)35-15-20-14-28-26(31-24(20)33(4)27(35)37)30-23-12-18(3)32-34(23)5/h6-14H,15H2,1-5H3,(H,29,36)(H,28,30,31). The number of carbonyl (C=O) groups excluding carboxylic acids is 2. The second kappa shape index (κ2) is 9.38. The van der Waals surface area contributed by atoms with Crippen molar-refractivity contribution in [2.75, 3.05) is 27.5 Å². The van der Waals surface area contributed by atoms with E-state index in [4.69, 9.17) is 0 Å². The van der Waals surface area contributed by atoms with Gasteiger partial charge in [0.1, 0.15) is 11.6 Å². The number of nitrogens with one attached hydrogen (secondary N) is 2. The number of hydrogen-bond donors (Lipinski definition) is 2. The Labute approximate surface area is 215 Å². The molecule has 2 N–H and O–H groups in total. The molecule has 3 heterocycles. The molecule has 2 aromatic carbocycles. The Kier molecular flexibility index (Phi) is 6.08. The van der Waals surface area contributed by atoms with Crippen molar-refractivity contribution in [1.29, 1.82) is 0 Å². The van der Waals surface area contributed by atoms with Gasteiger partial charge in [-0.2, -0.15) is 10.1 Å². The molecule has 10 heteroatoms. The number of hydrogen-bond acceptors (Lipinski definition) is 6. The summed E-state index contributed by atoms with van der Waals surface area (Å²) in [7, 11) is 3.53. The fraction of sp³-hybridized carbons (Fsp3) is 0.222. The summed E-state index contributed by atoms with van der Waals surface area (Å²) in [4.78, 5) is 38.4. The van der Waals surface area contributed by atoms with Crippen molar-refractivity contribution in [1.82, 2.24) is 19.7 Å². The van der Waals surface area contributed by atoms with Crippen molar-refractivity contribution in [3.8, 4) is 0 Å². The zero-order chi connectivity index (χ0) is 26.3. The predicted octanol–water partition coefficient (Wildman–Crippen LogP) is 4.71. The van der Waals surface area contributed by atoms with E-state index in [-0.39, 0.29) is 11.9 Å². The van der Waals surface area contributed by atoms with Gasteiger partial charge in [0.2, 0.25) is 5.95 Å². The van der Waals surface area contributed by atoms with Crippen LogP contribution >= 0.6 is 0 Å². The van der Waals surface area contributed by atoms with Gasteiger partial charge >= 0.3 is 6.03 Å². The van der Waals surface area contributed by atoms with Crippen LogP contribution in [0.15, 0.2) is 54.7 Å². The molecule has 0 bridgehead atoms. The SMILES string of the molecule is Cc1cccc(C(=O)Nc2ccc(C)c(N3Cc4cnc(Nc5cc(C)nn5C)nc4N(C)C3=O)c2)c1. The summed E-state index contributed by atoms with van der Waals surface area (Å²) in [5, 5.41) is 10.4. The Morgan fingerprint density at radius 1 is 1.03 bits per heavy atom. The Balaban J connectivity index is 1.40. The largest absolute Gasteiger partial charge is 0.330 e. The lowest BCUT2D eigenvalue weighted by Gasteiger charge is -2.35. The highest BCUT2D eigenvalue weighted by molar-refractivity contribution is 6.07. The molecule has 0 spiro atoms. The van der Waals surface area contributed by atoms with E-state index in [9.17, 15) is 9.59 Å². The van der Waals surface area contributed by atoms with Gasteiger partial charge in [-0.15, -0.1) is 0 Å². The fourth-order valence-electron chi connectivity index (χ4n) is 4.37. The number of aromatic nitrogens is 4. The second-order valence-electron chi connectivity index (χ2n) is 9.21. The first-order valence-electron chi connectivity index (χ1n) is 11.9. The number of rotatable bonds is 5. The van der Waals surface area contributed by atoms with E-state index in [0.717, 1.165) is 28.2 Å². The Bertz CT molecular complexity index is 1530. The second-order valence-corrected chi connectivity index (χ2v) is 9.21. The topological polar surface area (TPSA) is 108 Å². The van der Waals surface area contributed by atoms with Crippen molar-refractivity contribution < 1.29 is 9.59 Å². The first kappa shape index (κ1) is 24.0. The highest BCUT2D eigenvalue weighted by Gasteiger charge is 2.31. The number of amides is 3. The van der Waals surface area contributed by atoms with Gasteiger partial charge in [0.15, 0.2) is 0 Å². The van der Waals surface area contributed by atoms with Gasteiger partial charge < -0.3 is 10.6 Å². The Morgan fingerprint density at radius 3 is 2.57 bits per heavy atom. The molecule has 0 radical (unpaired) electrons. The average Bonchev–Trinajstić information content (AvgIpc) is 3.19. The summed E-state index contributed by atoms with van der Waals surface area (Å²) in [5.41, 5.74) is 5.49. The number of fused-ring (bicyclic) bond motifs is 1. The third-order valence-electron chi connectivity index (χ3n) is 6.29. The number of nitrogens with zero attached hydrogens (tertiary/aromatic N) is 6. The van der Waals surface area contributed by atoms with E-state index >= 15 is 0 Å². The molecule has 1 aliphatic heterocycles. The molecule has 3 amide bonds. The first-order valence-corrected chi connectivity index (χ1v) is 11.9. The van der Waals surface area contributed by atoms with E-state index in [1.54, 1.807) is 28.9 Å². The van der Waals surface area contributed by atoms with Gasteiger partial charge in [0.05, 0.1) is 17.9 Å². The third-order valence-corrected chi connectivity index (χ3v) is 6.29. The highest BCUT2D eigenvalue weighted by Crippen LogP contribution is 2.33. The van der Waals surface area contributed by atoms with Crippen molar-refractivity contribution in [3.63, 3.8) is 0 Å². The Hall–Kier alpha value is -4.73. The van der Waals surface area contributed by atoms with Gasteiger partial charge in [0.25, 0.3) is 5.91 Å². The summed E-state index contributed by atoms with van der Waals surface area (Å²) < 4.78 is 1.71. The van der Waals surface area contributed by atoms with Crippen LogP contribution in [0.5, 0.6) is 0 Å². The lowest BCUT2D eigenvalue weighted by Crippen LogP contribution is -2.46. The van der Waals surface area contributed by atoms with Gasteiger partial charge in [-0.25, -0.2) is 9.78 Å². The maximum absolute atomic E-state index is 13.4. The molecule has 2 aromatic heterocycles. The quantitative estimate of drug-likeness (QED) is 0.414. The van der Waals surface area contributed by atoms with Crippen molar-refractivity contribution in [3.05, 3.63) is 82.7 Å². The number of carbonyl (C=O) groups is 2. The number of urea groups is 1. The zero-order valence-electron chi connectivity index (χ0n) is 21.4. The minimum absolute atomic E-state index is 0.206. The van der Waals surface area contributed by atoms with Crippen LogP contribution in [0.25, 0.3) is 0 Å². The number of aryl methyl sites for hydroxylation is 4. The monoisotopic (exact) mass is 496 g/mol. The predicted molar refractivity (Wildman–Crippen MR) is 144 cm³/mol. The summed E-state index contributed by atoms with van der Waals surface area (Å²) in [6, 6.07) is 14.6. The number of benzene rings is 2. The van der Waals surface area contributed by atoms with Crippen molar-refractivity contribution in [2.24, 2.45) is 7.05 Å². The summed E-state index contributed by atoms with van der Waals surface area (Å²) in [5.74, 6) is 1.47. The normalized spacial score (nSPS) is 12.9. The molecule has 5 rings (SSSR count). The van der Waals surface area contributed by atoms with Gasteiger partial charge in [-0.3, -0.25) is 19.3 Å². The van der Waals surface area contributed by atoms with Gasteiger partial charge in [-0.05, 0) is 50.6 Å². The molecule has 0 saturated heterocycles. The molecule has 0 atom stereocenters. The van der Waals surface area contributed by atoms with E-state index in [1.807, 2.05) is 70.3 Å². The zero-order valence-corrected chi connectivity index (χ0v) is 21.4. The summed E-state index contributed by atoms with van der Waals surface area (Å²) in [6.07, 6.45) is 1.72. The maximum atomic E-state index is 13.4. The smallest absolute Gasteiger partial charge is 0.322 e. The lowest BCUT2D eigenvalue weighted by molar-refractivity contribution is 0.102.